The molecular formula is C15H15ClN2O3. The molecule has 0 saturated carbocycles. The number of aryl methyl sites for hydroxylation is 1. The molecule has 1 amide bonds. The third kappa shape index (κ3) is 4.36. The number of ether oxygens (including phenoxy) is 1. The molecule has 0 radical (unpaired) electrons. The number of carbonyl (C=O) groups is 1. The molecule has 5 nitrogen and oxygen atoms in total. The van der Waals surface area contributed by atoms with Crippen LogP contribution in [0.4, 0.5) is 5.82 Å². The molecule has 0 fully saturated rings. The summed E-state index contributed by atoms with van der Waals surface area (Å²) in [5.41, 5.74) is 0.732. The average molecular weight is 307 g/mol. The van der Waals surface area contributed by atoms with Crippen molar-refractivity contribution >= 4 is 29.4 Å². The molecule has 1 aromatic carbocycles. The molecule has 0 bridgehead atoms. The van der Waals surface area contributed by atoms with Crippen molar-refractivity contribution in [2.75, 3.05) is 11.9 Å². The van der Waals surface area contributed by atoms with E-state index in [2.05, 4.69) is 10.5 Å². The lowest BCUT2D eigenvalue weighted by atomic mass is 10.2. The predicted molar refractivity (Wildman–Crippen MR) is 81.5 cm³/mol. The van der Waals surface area contributed by atoms with Crippen LogP contribution in [0.3, 0.4) is 0 Å². The summed E-state index contributed by atoms with van der Waals surface area (Å²) in [6.45, 7) is 4.17. The van der Waals surface area contributed by atoms with E-state index in [1.54, 1.807) is 37.3 Å². The summed E-state index contributed by atoms with van der Waals surface area (Å²) in [5.74, 6) is 1.36. The lowest BCUT2D eigenvalue weighted by Gasteiger charge is -2.07. The molecule has 1 N–H and O–H groups in total. The van der Waals surface area contributed by atoms with Crippen LogP contribution in [0.5, 0.6) is 5.75 Å². The summed E-state index contributed by atoms with van der Waals surface area (Å²) >= 11 is 5.95. The molecule has 2 aromatic rings. The first-order chi connectivity index (χ1) is 10.1. The van der Waals surface area contributed by atoms with Crippen LogP contribution in [0.2, 0.25) is 5.02 Å². The number of halogens is 1. The second kappa shape index (κ2) is 6.95. The number of amides is 1. The van der Waals surface area contributed by atoms with Crippen LogP contribution < -0.4 is 10.1 Å². The first-order valence-corrected chi connectivity index (χ1v) is 6.81. The topological polar surface area (TPSA) is 64.4 Å². The molecule has 0 aliphatic rings. The molecule has 0 unspecified atom stereocenters. The Labute approximate surface area is 127 Å². The number of rotatable bonds is 5. The molecule has 6 heteroatoms. The summed E-state index contributed by atoms with van der Waals surface area (Å²) in [6, 6.07) is 6.87. The largest absolute Gasteiger partial charge is 0.493 e. The number of anilines is 1. The van der Waals surface area contributed by atoms with Gasteiger partial charge in [-0.15, -0.1) is 0 Å². The van der Waals surface area contributed by atoms with Crippen LogP contribution in [-0.4, -0.2) is 17.7 Å². The van der Waals surface area contributed by atoms with E-state index < -0.39 is 0 Å². The Balaban J connectivity index is 2.09. The van der Waals surface area contributed by atoms with E-state index in [4.69, 9.17) is 20.9 Å². The summed E-state index contributed by atoms with van der Waals surface area (Å²) < 4.78 is 10.3. The van der Waals surface area contributed by atoms with Crippen LogP contribution >= 0.6 is 11.6 Å². The second-order valence-electron chi connectivity index (χ2n) is 4.26. The third-order valence-corrected chi connectivity index (χ3v) is 2.80. The van der Waals surface area contributed by atoms with Crippen LogP contribution in [-0.2, 0) is 4.79 Å². The number of benzene rings is 1. The molecule has 0 spiro atoms. The second-order valence-corrected chi connectivity index (χ2v) is 4.70. The first kappa shape index (κ1) is 15.1. The first-order valence-electron chi connectivity index (χ1n) is 6.43. The number of hydrogen-bond donors (Lipinski definition) is 1. The van der Waals surface area contributed by atoms with Gasteiger partial charge in [0.05, 0.1) is 6.61 Å². The summed E-state index contributed by atoms with van der Waals surface area (Å²) in [4.78, 5) is 11.8. The van der Waals surface area contributed by atoms with E-state index in [1.165, 1.54) is 6.08 Å². The Morgan fingerprint density at radius 3 is 2.95 bits per heavy atom. The van der Waals surface area contributed by atoms with E-state index in [-0.39, 0.29) is 5.91 Å². The highest BCUT2D eigenvalue weighted by Gasteiger charge is 2.05. The smallest absolute Gasteiger partial charge is 0.249 e. The number of aromatic nitrogens is 1. The molecule has 0 aliphatic heterocycles. The third-order valence-electron chi connectivity index (χ3n) is 2.57. The van der Waals surface area contributed by atoms with Gasteiger partial charge in [-0.1, -0.05) is 16.8 Å². The fraction of sp³-hybridized carbons (Fsp3) is 0.200. The normalized spacial score (nSPS) is 10.8. The molecule has 2 rings (SSSR count). The Kier molecular flexibility index (Phi) is 5.00. The van der Waals surface area contributed by atoms with E-state index in [9.17, 15) is 4.79 Å². The Bertz CT molecular complexity index is 665. The predicted octanol–water partition coefficient (Wildman–Crippen LogP) is 3.69. The van der Waals surface area contributed by atoms with Gasteiger partial charge in [-0.25, -0.2) is 0 Å². The number of carbonyl (C=O) groups excluding carboxylic acids is 1. The molecule has 21 heavy (non-hydrogen) atoms. The fourth-order valence-corrected chi connectivity index (χ4v) is 1.88. The number of nitrogens with zero attached hydrogens (tertiary/aromatic N) is 1. The highest BCUT2D eigenvalue weighted by Crippen LogP contribution is 2.24. The van der Waals surface area contributed by atoms with Gasteiger partial charge in [0.25, 0.3) is 0 Å². The number of hydrogen-bond acceptors (Lipinski definition) is 4. The molecule has 0 saturated heterocycles. The minimum absolute atomic E-state index is 0.314. The van der Waals surface area contributed by atoms with Crippen molar-refractivity contribution in [2.24, 2.45) is 0 Å². The highest BCUT2D eigenvalue weighted by atomic mass is 35.5. The molecule has 1 heterocycles. The van der Waals surface area contributed by atoms with Crippen molar-refractivity contribution in [3.05, 3.63) is 46.7 Å². The van der Waals surface area contributed by atoms with Gasteiger partial charge >= 0.3 is 0 Å². The minimum Gasteiger partial charge on any atom is -0.493 e. The molecule has 1 aromatic heterocycles. The summed E-state index contributed by atoms with van der Waals surface area (Å²) in [6.07, 6.45) is 3.03. The quantitative estimate of drug-likeness (QED) is 0.856. The molecule has 110 valence electrons. The van der Waals surface area contributed by atoms with Gasteiger partial charge in [0.15, 0.2) is 5.82 Å². The highest BCUT2D eigenvalue weighted by molar-refractivity contribution is 6.30. The standard InChI is InChI=1S/C15H15ClN2O3/c1-3-20-13-6-5-12(16)9-11(13)4-7-15(19)17-14-8-10(2)21-18-14/h4-9H,3H2,1-2H3,(H,17,18,19)/b7-4+. The van der Waals surface area contributed by atoms with E-state index >= 15 is 0 Å². The van der Waals surface area contributed by atoms with Crippen molar-refractivity contribution in [2.45, 2.75) is 13.8 Å². The van der Waals surface area contributed by atoms with Crippen molar-refractivity contribution in [3.8, 4) is 5.75 Å². The lowest BCUT2D eigenvalue weighted by molar-refractivity contribution is -0.111. The zero-order chi connectivity index (χ0) is 15.2. The van der Waals surface area contributed by atoms with E-state index in [0.717, 1.165) is 5.56 Å². The maximum atomic E-state index is 11.8. The van der Waals surface area contributed by atoms with Crippen LogP contribution in [0.1, 0.15) is 18.2 Å². The Hall–Kier alpha value is -2.27. The van der Waals surface area contributed by atoms with Crippen molar-refractivity contribution in [1.82, 2.24) is 5.16 Å². The molecule has 0 aliphatic carbocycles. The Morgan fingerprint density at radius 1 is 1.48 bits per heavy atom. The van der Waals surface area contributed by atoms with Gasteiger partial charge in [-0.05, 0) is 38.1 Å². The van der Waals surface area contributed by atoms with Crippen molar-refractivity contribution in [1.29, 1.82) is 0 Å². The van der Waals surface area contributed by atoms with E-state index in [1.807, 2.05) is 6.92 Å². The van der Waals surface area contributed by atoms with Gasteiger partial charge < -0.3 is 14.6 Å². The maximum Gasteiger partial charge on any atom is 0.249 e. The zero-order valence-electron chi connectivity index (χ0n) is 11.7. The van der Waals surface area contributed by atoms with Gasteiger partial charge in [0, 0.05) is 22.7 Å². The van der Waals surface area contributed by atoms with Crippen molar-refractivity contribution < 1.29 is 14.1 Å². The summed E-state index contributed by atoms with van der Waals surface area (Å²) in [7, 11) is 0. The SMILES string of the molecule is CCOc1ccc(Cl)cc1/C=C/C(=O)Nc1cc(C)on1. The number of nitrogens with one attached hydrogen (secondary N) is 1. The van der Waals surface area contributed by atoms with E-state index in [0.29, 0.717) is 29.0 Å². The van der Waals surface area contributed by atoms with Gasteiger partial charge in [0.2, 0.25) is 5.91 Å². The maximum absolute atomic E-state index is 11.8. The monoisotopic (exact) mass is 306 g/mol. The minimum atomic E-state index is -0.314. The van der Waals surface area contributed by atoms with Crippen LogP contribution in [0, 0.1) is 6.92 Å². The molecule has 0 atom stereocenters. The lowest BCUT2D eigenvalue weighted by Crippen LogP contribution is -2.07. The fourth-order valence-electron chi connectivity index (χ4n) is 1.70. The molecular weight excluding hydrogens is 292 g/mol. The van der Waals surface area contributed by atoms with Gasteiger partial charge in [-0.2, -0.15) is 0 Å². The van der Waals surface area contributed by atoms with Gasteiger partial charge in [0.1, 0.15) is 11.5 Å². The van der Waals surface area contributed by atoms with Crippen LogP contribution in [0.15, 0.2) is 34.9 Å². The average Bonchev–Trinajstić information content (AvgIpc) is 2.84. The summed E-state index contributed by atoms with van der Waals surface area (Å²) in [5, 5.41) is 6.85. The Morgan fingerprint density at radius 2 is 2.29 bits per heavy atom. The zero-order valence-corrected chi connectivity index (χ0v) is 12.5. The van der Waals surface area contributed by atoms with Crippen molar-refractivity contribution in [3.63, 3.8) is 0 Å². The van der Waals surface area contributed by atoms with Gasteiger partial charge in [-0.3, -0.25) is 4.79 Å². The van der Waals surface area contributed by atoms with Crippen LogP contribution in [0.25, 0.3) is 6.08 Å².